The molecule has 0 aliphatic carbocycles. The van der Waals surface area contributed by atoms with Crippen molar-refractivity contribution in [2.45, 2.75) is 27.7 Å². The summed E-state index contributed by atoms with van der Waals surface area (Å²) in [4.78, 5) is 3.63. The second-order valence-electron chi connectivity index (χ2n) is 8.37. The molecule has 2 heterocycles. The van der Waals surface area contributed by atoms with E-state index in [2.05, 4.69) is 80.4 Å². The van der Waals surface area contributed by atoms with E-state index in [0.29, 0.717) is 7.69 Å². The topological polar surface area (TPSA) is 18.8 Å². The van der Waals surface area contributed by atoms with Crippen molar-refractivity contribution in [2.24, 2.45) is 0 Å². The highest BCUT2D eigenvalue weighted by atomic mass is 19.1. The van der Waals surface area contributed by atoms with Gasteiger partial charge in [-0.05, 0) is 38.5 Å². The van der Waals surface area contributed by atoms with Gasteiger partial charge in [0.1, 0.15) is 0 Å². The normalized spacial score (nSPS) is 14.9. The lowest BCUT2D eigenvalue weighted by Gasteiger charge is -2.13. The number of rotatable bonds is 3. The highest BCUT2D eigenvalue weighted by molar-refractivity contribution is 6.25. The molecule has 31 heavy (non-hydrogen) atoms. The molecule has 1 aromatic heterocycles. The van der Waals surface area contributed by atoms with E-state index < -0.39 is 0 Å². The smallest absolute Gasteiger partial charge is 0.357 e. The van der Waals surface area contributed by atoms with Crippen molar-refractivity contribution < 1.29 is 8.80 Å². The molecular formula is C27H24BFN2+. The van der Waals surface area contributed by atoms with Crippen molar-refractivity contribution in [1.82, 2.24) is 4.98 Å². The van der Waals surface area contributed by atoms with Gasteiger partial charge in [-0.3, -0.25) is 0 Å². The van der Waals surface area contributed by atoms with Gasteiger partial charge >= 0.3 is 7.69 Å². The summed E-state index contributed by atoms with van der Waals surface area (Å²) in [6.45, 7) is 8.28. The van der Waals surface area contributed by atoms with Crippen LogP contribution in [-0.4, -0.2) is 22.9 Å². The van der Waals surface area contributed by atoms with Gasteiger partial charge < -0.3 is 4.98 Å². The van der Waals surface area contributed by atoms with Crippen LogP contribution in [0.3, 0.4) is 0 Å². The molecule has 3 aromatic carbocycles. The van der Waals surface area contributed by atoms with Crippen molar-refractivity contribution in [1.29, 1.82) is 0 Å². The molecule has 4 heteroatoms. The Morgan fingerprint density at radius 3 is 2.10 bits per heavy atom. The van der Waals surface area contributed by atoms with Gasteiger partial charge in [0.05, 0.1) is 22.4 Å². The molecule has 0 saturated heterocycles. The van der Waals surface area contributed by atoms with Crippen LogP contribution in [0.5, 0.6) is 0 Å². The molecule has 1 N–H and O–H groups in total. The molecule has 1 aliphatic rings. The van der Waals surface area contributed by atoms with Gasteiger partial charge in [-0.1, -0.05) is 65.7 Å². The Labute approximate surface area is 183 Å². The summed E-state index contributed by atoms with van der Waals surface area (Å²) < 4.78 is 16.1. The summed E-state index contributed by atoms with van der Waals surface area (Å²) in [5.41, 5.74) is 10.4. The zero-order valence-electron chi connectivity index (χ0n) is 18.3. The predicted octanol–water partition coefficient (Wildman–Crippen LogP) is 6.35. The van der Waals surface area contributed by atoms with Crippen molar-refractivity contribution in [3.05, 3.63) is 106 Å². The second kappa shape index (κ2) is 7.38. The molecule has 0 bridgehead atoms. The lowest BCUT2D eigenvalue weighted by atomic mass is 9.91. The molecule has 0 saturated carbocycles. The number of H-pyrrole nitrogens is 1. The van der Waals surface area contributed by atoms with Crippen LogP contribution in [0.15, 0.2) is 66.7 Å². The second-order valence-corrected chi connectivity index (χ2v) is 8.37. The number of aromatic nitrogens is 1. The summed E-state index contributed by atoms with van der Waals surface area (Å²) in [6.07, 6.45) is 0. The van der Waals surface area contributed by atoms with Crippen molar-refractivity contribution >= 4 is 35.4 Å². The first-order valence-electron chi connectivity index (χ1n) is 10.6. The van der Waals surface area contributed by atoms with Gasteiger partial charge in [-0.15, -0.1) is 0 Å². The van der Waals surface area contributed by atoms with Crippen LogP contribution in [0, 0.1) is 20.8 Å². The quantitative estimate of drug-likeness (QED) is 0.383. The minimum Gasteiger partial charge on any atom is -0.357 e. The maximum atomic E-state index is 14.4. The minimum atomic E-state index is 0.686. The van der Waals surface area contributed by atoms with Crippen LogP contribution in [-0.2, 0) is 0 Å². The molecule has 0 amide bonds. The number of nitrogens with zero attached hydrogens (tertiary/aromatic N) is 1. The number of benzene rings is 3. The Hall–Kier alpha value is -3.40. The van der Waals surface area contributed by atoms with Gasteiger partial charge in [-0.25, -0.2) is 8.80 Å². The number of halogens is 1. The maximum absolute atomic E-state index is 14.4. The Kier molecular flexibility index (Phi) is 4.66. The molecule has 0 unspecified atom stereocenters. The Balaban J connectivity index is 1.97. The van der Waals surface area contributed by atoms with Crippen LogP contribution in [0.4, 0.5) is 4.32 Å². The van der Waals surface area contributed by atoms with E-state index in [0.717, 1.165) is 50.4 Å². The van der Waals surface area contributed by atoms with E-state index in [9.17, 15) is 4.32 Å². The first kappa shape index (κ1) is 19.6. The molecule has 4 aromatic rings. The van der Waals surface area contributed by atoms with E-state index in [1.165, 1.54) is 16.5 Å². The Bertz CT molecular complexity index is 1390. The van der Waals surface area contributed by atoms with Crippen LogP contribution in [0.2, 0.25) is 0 Å². The lowest BCUT2D eigenvalue weighted by Crippen LogP contribution is -2.15. The molecule has 5 rings (SSSR count). The number of aromatic amines is 1. The zero-order valence-corrected chi connectivity index (χ0v) is 18.3. The van der Waals surface area contributed by atoms with Crippen LogP contribution in [0.1, 0.15) is 46.1 Å². The Morgan fingerprint density at radius 1 is 0.806 bits per heavy atom. The highest BCUT2D eigenvalue weighted by Gasteiger charge is 2.37. The van der Waals surface area contributed by atoms with E-state index in [4.69, 9.17) is 0 Å². The number of fused-ring (bicyclic) bond motifs is 2. The largest absolute Gasteiger partial charge is 0.792 e. The number of hydrogen-bond acceptors (Lipinski definition) is 0. The lowest BCUT2D eigenvalue weighted by molar-refractivity contribution is -0.271. The van der Waals surface area contributed by atoms with E-state index >= 15 is 0 Å². The maximum Gasteiger partial charge on any atom is 0.792 e. The van der Waals surface area contributed by atoms with Gasteiger partial charge in [0, 0.05) is 23.4 Å². The van der Waals surface area contributed by atoms with Gasteiger partial charge in [0.25, 0.3) is 0 Å². The summed E-state index contributed by atoms with van der Waals surface area (Å²) in [5.74, 6) is 0. The van der Waals surface area contributed by atoms with E-state index in [1.54, 1.807) is 4.49 Å². The standard InChI is InChI=1S/C27H24BFN2/c1-16-13-17(2)15-20(14-16)25(26-23-11-7-5-9-21(23)18(3)30-26)27-24-12-8-6-10-22(24)19(4)31(27)28-29/h5-15,30H,1-4H3/q+1. The molecule has 1 radical (unpaired) electrons. The van der Waals surface area contributed by atoms with Crippen molar-refractivity contribution in [3.63, 3.8) is 0 Å². The molecule has 0 spiro atoms. The zero-order chi connectivity index (χ0) is 21.7. The summed E-state index contributed by atoms with van der Waals surface area (Å²) >= 11 is 0. The molecule has 2 nitrogen and oxygen atoms in total. The van der Waals surface area contributed by atoms with Crippen LogP contribution >= 0.6 is 0 Å². The van der Waals surface area contributed by atoms with E-state index in [1.807, 2.05) is 19.1 Å². The summed E-state index contributed by atoms with van der Waals surface area (Å²) in [7, 11) is 0.686. The predicted molar refractivity (Wildman–Crippen MR) is 128 cm³/mol. The molecule has 0 fully saturated rings. The SMILES string of the molecule is CC1=[N+]([B]F)/C(=C(/c2cc(C)cc(C)c2)c2[nH]c(C)c3ccccc23)c2ccccc21. The fourth-order valence-electron chi connectivity index (χ4n) is 4.88. The molecular weight excluding hydrogens is 382 g/mol. The number of nitrogens with one attached hydrogen (secondary N) is 1. The summed E-state index contributed by atoms with van der Waals surface area (Å²) in [6, 6.07) is 23.1. The minimum absolute atomic E-state index is 0.686. The Morgan fingerprint density at radius 2 is 1.42 bits per heavy atom. The highest BCUT2D eigenvalue weighted by Crippen LogP contribution is 2.41. The fraction of sp³-hybridized carbons (Fsp3) is 0.148. The number of aryl methyl sites for hydroxylation is 3. The van der Waals surface area contributed by atoms with Gasteiger partial charge in [0.2, 0.25) is 5.70 Å². The van der Waals surface area contributed by atoms with Crippen LogP contribution < -0.4 is 0 Å². The first-order valence-corrected chi connectivity index (χ1v) is 10.6. The third kappa shape index (κ3) is 3.06. The van der Waals surface area contributed by atoms with Gasteiger partial charge in [0.15, 0.2) is 5.71 Å². The average Bonchev–Trinajstić information content (AvgIpc) is 3.23. The van der Waals surface area contributed by atoms with Crippen molar-refractivity contribution in [2.75, 3.05) is 0 Å². The third-order valence-electron chi connectivity index (χ3n) is 6.18. The average molecular weight is 406 g/mol. The monoisotopic (exact) mass is 406 g/mol. The van der Waals surface area contributed by atoms with Crippen LogP contribution in [0.25, 0.3) is 22.0 Å². The van der Waals surface area contributed by atoms with E-state index in [-0.39, 0.29) is 0 Å². The number of hydrogen-bond donors (Lipinski definition) is 1. The molecule has 1 aliphatic heterocycles. The third-order valence-corrected chi connectivity index (χ3v) is 6.18. The van der Waals surface area contributed by atoms with Crippen molar-refractivity contribution in [3.8, 4) is 0 Å². The molecule has 0 atom stereocenters. The first-order chi connectivity index (χ1) is 15.0. The summed E-state index contributed by atoms with van der Waals surface area (Å²) in [5, 5.41) is 2.32. The fourth-order valence-corrected chi connectivity index (χ4v) is 4.88. The van der Waals surface area contributed by atoms with Gasteiger partial charge in [-0.2, -0.15) is 0 Å². The molecule has 151 valence electrons.